The van der Waals surface area contributed by atoms with Crippen molar-refractivity contribution in [3.63, 3.8) is 0 Å². The summed E-state index contributed by atoms with van der Waals surface area (Å²) in [7, 11) is -8.20. The van der Waals surface area contributed by atoms with Crippen LogP contribution >= 0.6 is 0 Å². The summed E-state index contributed by atoms with van der Waals surface area (Å²) < 4.78 is 52.2. The Balaban J connectivity index is 2.08. The second-order valence-electron chi connectivity index (χ2n) is 4.80. The van der Waals surface area contributed by atoms with Crippen molar-refractivity contribution in [2.24, 2.45) is 0 Å². The molecule has 6 N–H and O–H groups in total. The van der Waals surface area contributed by atoms with Crippen molar-refractivity contribution in [3.05, 3.63) is 48.5 Å². The summed E-state index contributed by atoms with van der Waals surface area (Å²) in [6.45, 7) is 0. The zero-order valence-corrected chi connectivity index (χ0v) is 13.6. The van der Waals surface area contributed by atoms with Crippen LogP contribution in [0.5, 0.6) is 0 Å². The van der Waals surface area contributed by atoms with E-state index in [1.165, 1.54) is 48.5 Å². The molecule has 0 atom stereocenters. The first-order valence-electron chi connectivity index (χ1n) is 6.37. The highest BCUT2D eigenvalue weighted by Gasteiger charge is 2.22. The van der Waals surface area contributed by atoms with Gasteiger partial charge in [-0.05, 0) is 48.5 Å². The van der Waals surface area contributed by atoms with E-state index in [1.54, 1.807) is 0 Å². The van der Waals surface area contributed by atoms with Gasteiger partial charge in [-0.25, -0.2) is 16.8 Å². The summed E-state index contributed by atoms with van der Waals surface area (Å²) in [5.41, 5.74) is 12.4. The molecule has 0 saturated heterocycles. The molecule has 2 aromatic rings. The van der Waals surface area contributed by atoms with Crippen molar-refractivity contribution in [2.75, 3.05) is 26.0 Å². The van der Waals surface area contributed by atoms with Crippen LogP contribution in [0.2, 0.25) is 0 Å². The number of sulfonamides is 2. The molecule has 0 heterocycles. The van der Waals surface area contributed by atoms with Crippen LogP contribution in [0.25, 0.3) is 0 Å². The molecule has 0 aliphatic carbocycles. The molecule has 0 fully saturated rings. The molecule has 0 aliphatic rings. The van der Waals surface area contributed by atoms with E-state index < -0.39 is 25.1 Å². The minimum atomic E-state index is -4.10. The van der Waals surface area contributed by atoms with E-state index in [9.17, 15) is 16.8 Å². The average molecular weight is 356 g/mol. The van der Waals surface area contributed by atoms with E-state index in [0.29, 0.717) is 11.4 Å². The first-order chi connectivity index (χ1) is 10.7. The van der Waals surface area contributed by atoms with Crippen molar-refractivity contribution in [2.45, 2.75) is 0 Å². The smallest absolute Gasteiger partial charge is 0.249 e. The molecule has 0 radical (unpaired) electrons. The largest absolute Gasteiger partial charge is 0.399 e. The summed E-state index contributed by atoms with van der Waals surface area (Å²) in [6.07, 6.45) is 0. The second kappa shape index (κ2) is 6.34. The molecule has 8 nitrogen and oxygen atoms in total. The molecule has 2 rings (SSSR count). The van der Waals surface area contributed by atoms with Crippen LogP contribution in [0.15, 0.2) is 48.5 Å². The van der Waals surface area contributed by atoms with Crippen LogP contribution in [-0.4, -0.2) is 21.9 Å². The fourth-order valence-electron chi connectivity index (χ4n) is 1.72. The van der Waals surface area contributed by atoms with Crippen LogP contribution in [0.3, 0.4) is 0 Å². The van der Waals surface area contributed by atoms with Gasteiger partial charge in [0, 0.05) is 22.7 Å². The second-order valence-corrected chi connectivity index (χ2v) is 8.61. The van der Waals surface area contributed by atoms with Crippen molar-refractivity contribution in [1.82, 2.24) is 0 Å². The van der Waals surface area contributed by atoms with E-state index in [0.717, 1.165) is 0 Å². The van der Waals surface area contributed by atoms with Crippen molar-refractivity contribution in [3.8, 4) is 0 Å². The van der Waals surface area contributed by atoms with Gasteiger partial charge in [0.2, 0.25) is 20.0 Å². The minimum absolute atomic E-state index is 0.224. The van der Waals surface area contributed by atoms with E-state index >= 15 is 0 Å². The molecule has 10 heteroatoms. The van der Waals surface area contributed by atoms with Crippen LogP contribution in [0, 0.1) is 0 Å². The summed E-state index contributed by atoms with van der Waals surface area (Å²) in [5.74, 6) is 0. The molecule has 0 aromatic heterocycles. The molecule has 0 bridgehead atoms. The van der Waals surface area contributed by atoms with E-state index in [-0.39, 0.29) is 11.4 Å². The van der Waals surface area contributed by atoms with Crippen LogP contribution in [0.1, 0.15) is 0 Å². The third-order valence-corrected chi connectivity index (χ3v) is 6.25. The average Bonchev–Trinajstić information content (AvgIpc) is 2.42. The molecule has 0 saturated carbocycles. The van der Waals surface area contributed by atoms with Gasteiger partial charge in [-0.3, -0.25) is 9.44 Å². The maximum atomic E-state index is 12.0. The molecular formula is C13H16N4O4S2. The monoisotopic (exact) mass is 356 g/mol. The maximum absolute atomic E-state index is 12.0. The van der Waals surface area contributed by atoms with Gasteiger partial charge in [0.05, 0.1) is 0 Å². The van der Waals surface area contributed by atoms with Crippen molar-refractivity contribution < 1.29 is 16.8 Å². The molecule has 23 heavy (non-hydrogen) atoms. The van der Waals surface area contributed by atoms with Gasteiger partial charge in [0.1, 0.15) is 0 Å². The number of nitrogens with one attached hydrogen (secondary N) is 2. The summed E-state index contributed by atoms with van der Waals surface area (Å²) in [6, 6.07) is 11.7. The predicted octanol–water partition coefficient (Wildman–Crippen LogP) is 0.992. The Morgan fingerprint density at radius 3 is 1.26 bits per heavy atom. The highest BCUT2D eigenvalue weighted by Crippen LogP contribution is 2.15. The fourth-order valence-corrected chi connectivity index (χ4v) is 4.82. The Bertz CT molecular complexity index is 801. The van der Waals surface area contributed by atoms with E-state index in [4.69, 9.17) is 11.5 Å². The van der Waals surface area contributed by atoms with Gasteiger partial charge in [0.15, 0.2) is 5.08 Å². The summed E-state index contributed by atoms with van der Waals surface area (Å²) in [5, 5.41) is -1.12. The number of nitrogen functional groups attached to an aromatic ring is 2. The van der Waals surface area contributed by atoms with Crippen molar-refractivity contribution >= 4 is 42.8 Å². The highest BCUT2D eigenvalue weighted by molar-refractivity contribution is 8.09. The SMILES string of the molecule is Nc1ccc(NS(=O)(=O)CS(=O)(=O)Nc2ccc(N)cc2)cc1. The van der Waals surface area contributed by atoms with Crippen LogP contribution in [0.4, 0.5) is 22.7 Å². The lowest BCUT2D eigenvalue weighted by Crippen LogP contribution is -2.27. The number of benzene rings is 2. The van der Waals surface area contributed by atoms with Crippen LogP contribution in [-0.2, 0) is 20.0 Å². The molecule has 124 valence electrons. The number of nitrogens with two attached hydrogens (primary N) is 2. The first kappa shape index (κ1) is 16.9. The number of hydrogen-bond donors (Lipinski definition) is 4. The Hall–Kier alpha value is -2.46. The molecule has 0 spiro atoms. The number of hydrogen-bond acceptors (Lipinski definition) is 6. The zero-order chi connectivity index (χ0) is 17.1. The van der Waals surface area contributed by atoms with E-state index in [2.05, 4.69) is 9.44 Å². The van der Waals surface area contributed by atoms with Gasteiger partial charge >= 0.3 is 0 Å². The Morgan fingerprint density at radius 1 is 0.652 bits per heavy atom. The van der Waals surface area contributed by atoms with Crippen molar-refractivity contribution in [1.29, 1.82) is 0 Å². The Kier molecular flexibility index (Phi) is 4.66. The molecule has 2 aromatic carbocycles. The summed E-state index contributed by atoms with van der Waals surface area (Å²) in [4.78, 5) is 0. The molecule has 0 aliphatic heterocycles. The number of rotatable bonds is 6. The highest BCUT2D eigenvalue weighted by atomic mass is 32.3. The Labute approximate surface area is 134 Å². The predicted molar refractivity (Wildman–Crippen MR) is 91.7 cm³/mol. The van der Waals surface area contributed by atoms with Gasteiger partial charge in [0.25, 0.3) is 0 Å². The van der Waals surface area contributed by atoms with Gasteiger partial charge in [-0.1, -0.05) is 0 Å². The quantitative estimate of drug-likeness (QED) is 0.568. The molecule has 0 amide bonds. The fraction of sp³-hybridized carbons (Fsp3) is 0.0769. The molecular weight excluding hydrogens is 340 g/mol. The lowest BCUT2D eigenvalue weighted by atomic mass is 10.3. The minimum Gasteiger partial charge on any atom is -0.399 e. The lowest BCUT2D eigenvalue weighted by molar-refractivity contribution is 0.594. The first-order valence-corrected chi connectivity index (χ1v) is 9.68. The summed E-state index contributed by atoms with van der Waals surface area (Å²) >= 11 is 0. The zero-order valence-electron chi connectivity index (χ0n) is 11.9. The van der Waals surface area contributed by atoms with E-state index in [1.807, 2.05) is 0 Å². The normalized spacial score (nSPS) is 11.8. The van der Waals surface area contributed by atoms with Crippen LogP contribution < -0.4 is 20.9 Å². The standard InChI is InChI=1S/C13H16N4O4S2/c14-10-1-5-12(6-2-10)16-22(18,19)9-23(20,21)17-13-7-3-11(15)4-8-13/h1-8,16-17H,9,14-15H2. The van der Waals surface area contributed by atoms with Gasteiger partial charge in [-0.2, -0.15) is 0 Å². The molecule has 0 unspecified atom stereocenters. The topological polar surface area (TPSA) is 144 Å². The third kappa shape index (κ3) is 5.34. The number of anilines is 4. The van der Waals surface area contributed by atoms with Gasteiger partial charge in [-0.15, -0.1) is 0 Å². The third-order valence-electron chi connectivity index (χ3n) is 2.68. The maximum Gasteiger partial charge on any atom is 0.249 e. The van der Waals surface area contributed by atoms with Gasteiger partial charge < -0.3 is 11.5 Å². The lowest BCUT2D eigenvalue weighted by Gasteiger charge is -2.11. The Morgan fingerprint density at radius 2 is 0.957 bits per heavy atom.